The topological polar surface area (TPSA) is 26.0 Å². The van der Waals surface area contributed by atoms with E-state index in [-0.39, 0.29) is 5.54 Å². The summed E-state index contributed by atoms with van der Waals surface area (Å²) in [4.78, 5) is 0. The van der Waals surface area contributed by atoms with Crippen molar-refractivity contribution < 1.29 is 0 Å². The zero-order valence-electron chi connectivity index (χ0n) is 6.28. The molecule has 0 bridgehead atoms. The van der Waals surface area contributed by atoms with Gasteiger partial charge in [-0.2, -0.15) is 0 Å². The number of terminal acetylenes is 1. The van der Waals surface area contributed by atoms with Crippen LogP contribution in [0.2, 0.25) is 0 Å². The van der Waals surface area contributed by atoms with Gasteiger partial charge in [0.05, 0.1) is 5.54 Å². The van der Waals surface area contributed by atoms with Crippen molar-refractivity contribution in [3.05, 3.63) is 0 Å². The first-order valence-electron chi connectivity index (χ1n) is 3.39. The summed E-state index contributed by atoms with van der Waals surface area (Å²) in [7, 11) is 0. The molecule has 0 fully saturated rings. The first kappa shape index (κ1) is 8.52. The van der Waals surface area contributed by atoms with E-state index in [1.54, 1.807) is 0 Å². The molecule has 0 aliphatic heterocycles. The maximum absolute atomic E-state index is 5.67. The normalized spacial score (nSPS) is 16.2. The predicted molar refractivity (Wildman–Crippen MR) is 41.0 cm³/mol. The maximum atomic E-state index is 5.67. The van der Waals surface area contributed by atoms with E-state index in [1.165, 1.54) is 0 Å². The molecular formula is C8H15N. The van der Waals surface area contributed by atoms with Crippen molar-refractivity contribution in [2.24, 2.45) is 5.73 Å². The molecule has 0 radical (unpaired) electrons. The summed E-state index contributed by atoms with van der Waals surface area (Å²) in [5.74, 6) is 2.55. The molecule has 0 rings (SSSR count). The molecule has 2 N–H and O–H groups in total. The minimum absolute atomic E-state index is 0.379. The Labute approximate surface area is 57.6 Å². The van der Waals surface area contributed by atoms with Crippen LogP contribution in [0.1, 0.15) is 33.1 Å². The van der Waals surface area contributed by atoms with Gasteiger partial charge in [-0.1, -0.05) is 25.7 Å². The highest BCUT2D eigenvalue weighted by Gasteiger charge is 2.11. The molecule has 0 aliphatic rings. The Kier molecular flexibility index (Phi) is 3.34. The van der Waals surface area contributed by atoms with E-state index in [9.17, 15) is 0 Å². The van der Waals surface area contributed by atoms with Gasteiger partial charge >= 0.3 is 0 Å². The smallest absolute Gasteiger partial charge is 0.0744 e. The fourth-order valence-electron chi connectivity index (χ4n) is 0.616. The number of hydrogen-bond acceptors (Lipinski definition) is 1. The van der Waals surface area contributed by atoms with Crippen molar-refractivity contribution in [2.75, 3.05) is 0 Å². The monoisotopic (exact) mass is 125 g/mol. The maximum Gasteiger partial charge on any atom is 0.0744 e. The minimum Gasteiger partial charge on any atom is -0.315 e. The highest BCUT2D eigenvalue weighted by molar-refractivity contribution is 5.07. The predicted octanol–water partition coefficient (Wildman–Crippen LogP) is 1.53. The third kappa shape index (κ3) is 4.05. The van der Waals surface area contributed by atoms with Crippen molar-refractivity contribution in [2.45, 2.75) is 38.6 Å². The molecule has 0 saturated carbocycles. The third-order valence-electron chi connectivity index (χ3n) is 1.38. The van der Waals surface area contributed by atoms with Crippen LogP contribution in [0, 0.1) is 12.3 Å². The lowest BCUT2D eigenvalue weighted by Crippen LogP contribution is -2.33. The van der Waals surface area contributed by atoms with Gasteiger partial charge in [-0.25, -0.2) is 0 Å². The summed E-state index contributed by atoms with van der Waals surface area (Å²) in [5.41, 5.74) is 5.29. The van der Waals surface area contributed by atoms with Crippen LogP contribution in [0.3, 0.4) is 0 Å². The lowest BCUT2D eigenvalue weighted by atomic mass is 9.98. The average Bonchev–Trinajstić information content (AvgIpc) is 1.84. The second-order valence-electron chi connectivity index (χ2n) is 2.67. The van der Waals surface area contributed by atoms with Crippen LogP contribution in [-0.2, 0) is 0 Å². The second-order valence-corrected chi connectivity index (χ2v) is 2.67. The molecule has 0 spiro atoms. The minimum atomic E-state index is -0.379. The molecule has 52 valence electrons. The summed E-state index contributed by atoms with van der Waals surface area (Å²) >= 11 is 0. The summed E-state index contributed by atoms with van der Waals surface area (Å²) < 4.78 is 0. The van der Waals surface area contributed by atoms with Gasteiger partial charge in [0.25, 0.3) is 0 Å². The Morgan fingerprint density at radius 2 is 2.22 bits per heavy atom. The molecule has 0 aromatic heterocycles. The summed E-state index contributed by atoms with van der Waals surface area (Å²) in [6.45, 7) is 4.02. The van der Waals surface area contributed by atoms with E-state index >= 15 is 0 Å². The Bertz CT molecular complexity index is 108. The number of unbranched alkanes of at least 4 members (excludes halogenated alkanes) is 1. The molecule has 1 unspecified atom stereocenters. The van der Waals surface area contributed by atoms with Gasteiger partial charge in [0.2, 0.25) is 0 Å². The quantitative estimate of drug-likeness (QED) is 0.569. The van der Waals surface area contributed by atoms with Crippen LogP contribution in [0.25, 0.3) is 0 Å². The second kappa shape index (κ2) is 3.53. The van der Waals surface area contributed by atoms with Gasteiger partial charge in [0.1, 0.15) is 0 Å². The standard InChI is InChI=1S/C8H15N/c1-4-6-7-8(3,9)5-2/h2H,4,6-7,9H2,1,3H3. The van der Waals surface area contributed by atoms with E-state index in [2.05, 4.69) is 12.8 Å². The Hall–Kier alpha value is -0.480. The van der Waals surface area contributed by atoms with Crippen LogP contribution in [0.5, 0.6) is 0 Å². The molecule has 1 nitrogen and oxygen atoms in total. The SMILES string of the molecule is C#CC(C)(N)CCCC. The Balaban J connectivity index is 3.49. The molecule has 0 amide bonds. The lowest BCUT2D eigenvalue weighted by molar-refractivity contribution is 0.523. The van der Waals surface area contributed by atoms with E-state index < -0.39 is 0 Å². The van der Waals surface area contributed by atoms with Crippen LogP contribution >= 0.6 is 0 Å². The van der Waals surface area contributed by atoms with Crippen LogP contribution in [0.15, 0.2) is 0 Å². The molecule has 0 heterocycles. The summed E-state index contributed by atoms with van der Waals surface area (Å²) in [6.07, 6.45) is 8.39. The average molecular weight is 125 g/mol. The number of nitrogens with two attached hydrogens (primary N) is 1. The highest BCUT2D eigenvalue weighted by Crippen LogP contribution is 2.07. The van der Waals surface area contributed by atoms with Crippen LogP contribution in [0.4, 0.5) is 0 Å². The van der Waals surface area contributed by atoms with E-state index in [1.807, 2.05) is 6.92 Å². The van der Waals surface area contributed by atoms with Crippen molar-refractivity contribution in [3.63, 3.8) is 0 Å². The van der Waals surface area contributed by atoms with Gasteiger partial charge < -0.3 is 5.73 Å². The van der Waals surface area contributed by atoms with Gasteiger partial charge in [0, 0.05) is 0 Å². The highest BCUT2D eigenvalue weighted by atomic mass is 14.7. The molecular weight excluding hydrogens is 110 g/mol. The summed E-state index contributed by atoms with van der Waals surface area (Å²) in [5, 5.41) is 0. The van der Waals surface area contributed by atoms with Crippen LogP contribution in [-0.4, -0.2) is 5.54 Å². The van der Waals surface area contributed by atoms with Crippen LogP contribution < -0.4 is 5.73 Å². The third-order valence-corrected chi connectivity index (χ3v) is 1.38. The first-order chi connectivity index (χ1) is 4.12. The number of hydrogen-bond donors (Lipinski definition) is 1. The number of rotatable bonds is 3. The zero-order valence-corrected chi connectivity index (χ0v) is 6.28. The van der Waals surface area contributed by atoms with E-state index in [4.69, 9.17) is 12.2 Å². The van der Waals surface area contributed by atoms with Crippen molar-refractivity contribution in [1.82, 2.24) is 0 Å². The van der Waals surface area contributed by atoms with Gasteiger partial charge in [-0.05, 0) is 13.3 Å². The molecule has 0 aliphatic carbocycles. The molecule has 9 heavy (non-hydrogen) atoms. The fraction of sp³-hybridized carbons (Fsp3) is 0.750. The van der Waals surface area contributed by atoms with Crippen molar-refractivity contribution >= 4 is 0 Å². The van der Waals surface area contributed by atoms with Gasteiger partial charge in [-0.3, -0.25) is 0 Å². The first-order valence-corrected chi connectivity index (χ1v) is 3.39. The fourth-order valence-corrected chi connectivity index (χ4v) is 0.616. The Morgan fingerprint density at radius 3 is 2.56 bits per heavy atom. The molecule has 0 aromatic rings. The molecule has 1 heteroatoms. The molecule has 0 aromatic carbocycles. The van der Waals surface area contributed by atoms with Gasteiger partial charge in [0.15, 0.2) is 0 Å². The summed E-state index contributed by atoms with van der Waals surface area (Å²) in [6, 6.07) is 0. The van der Waals surface area contributed by atoms with E-state index in [0.29, 0.717) is 0 Å². The Morgan fingerprint density at radius 1 is 1.67 bits per heavy atom. The largest absolute Gasteiger partial charge is 0.315 e. The molecule has 0 saturated heterocycles. The zero-order chi connectivity index (χ0) is 7.33. The van der Waals surface area contributed by atoms with E-state index in [0.717, 1.165) is 19.3 Å². The van der Waals surface area contributed by atoms with Gasteiger partial charge in [-0.15, -0.1) is 6.42 Å². The lowest BCUT2D eigenvalue weighted by Gasteiger charge is -2.15. The van der Waals surface area contributed by atoms with Crippen molar-refractivity contribution in [3.8, 4) is 12.3 Å². The molecule has 1 atom stereocenters. The van der Waals surface area contributed by atoms with Crippen molar-refractivity contribution in [1.29, 1.82) is 0 Å².